The van der Waals surface area contributed by atoms with E-state index in [0.717, 1.165) is 5.56 Å². The highest BCUT2D eigenvalue weighted by molar-refractivity contribution is 5.84. The van der Waals surface area contributed by atoms with Gasteiger partial charge < -0.3 is 20.2 Å². The second kappa shape index (κ2) is 10.9. The van der Waals surface area contributed by atoms with Crippen molar-refractivity contribution in [1.82, 2.24) is 20.2 Å². The van der Waals surface area contributed by atoms with Crippen LogP contribution in [-0.2, 0) is 17.1 Å². The van der Waals surface area contributed by atoms with Gasteiger partial charge in [0.05, 0.1) is 28.8 Å². The molecule has 3 atom stereocenters. The molecular weight excluding hydrogens is 528 g/mol. The first-order chi connectivity index (χ1) is 18.2. The molecule has 214 valence electrons. The van der Waals surface area contributed by atoms with Gasteiger partial charge in [0.2, 0.25) is 5.91 Å². The Hall–Kier alpha value is -2.93. The minimum atomic E-state index is -5.01. The van der Waals surface area contributed by atoms with Crippen molar-refractivity contribution in [3.8, 4) is 0 Å². The topological polar surface area (TPSA) is 81.6 Å². The first-order valence-corrected chi connectivity index (χ1v) is 12.8. The van der Waals surface area contributed by atoms with Gasteiger partial charge >= 0.3 is 12.4 Å². The lowest BCUT2D eigenvalue weighted by molar-refractivity contribution is -0.143. The van der Waals surface area contributed by atoms with Crippen molar-refractivity contribution < 1.29 is 36.2 Å². The molecule has 0 bridgehead atoms. The van der Waals surface area contributed by atoms with E-state index in [9.17, 15) is 36.2 Å². The average molecular weight is 560 g/mol. The number of rotatable bonds is 6. The summed E-state index contributed by atoms with van der Waals surface area (Å²) in [7, 11) is 0. The van der Waals surface area contributed by atoms with Gasteiger partial charge in [0.1, 0.15) is 12.1 Å². The zero-order chi connectivity index (χ0) is 28.7. The van der Waals surface area contributed by atoms with Crippen LogP contribution in [0.25, 0.3) is 0 Å². The number of aromatic nitrogens is 2. The minimum Gasteiger partial charge on any atom is -0.387 e. The Morgan fingerprint density at radius 3 is 2.15 bits per heavy atom. The molecule has 2 N–H and O–H groups in total. The number of piperazine rings is 1. The summed E-state index contributed by atoms with van der Waals surface area (Å²) in [5.74, 6) is -1.09. The number of alkyl halides is 6. The monoisotopic (exact) mass is 559 g/mol. The van der Waals surface area contributed by atoms with Crippen LogP contribution in [0.5, 0.6) is 0 Å². The number of nitrogens with zero attached hydrogens (tertiary/aromatic N) is 4. The SMILES string of the molecule is CC(C)NC[C@@H](C(=O)N1CCN(c2ncnc3c2[C@H](C)C[C@@H]3O)CC1)c1cc(C(F)(F)F)cc(C(F)(F)F)c1. The maximum Gasteiger partial charge on any atom is 0.416 e. The molecule has 1 aromatic heterocycles. The second-order valence-corrected chi connectivity index (χ2v) is 10.4. The summed E-state index contributed by atoms with van der Waals surface area (Å²) in [4.78, 5) is 25.7. The van der Waals surface area contributed by atoms with Crippen LogP contribution in [-0.4, -0.2) is 64.6 Å². The number of aliphatic hydroxyl groups excluding tert-OH is 1. The number of hydrogen-bond acceptors (Lipinski definition) is 6. The molecule has 1 aliphatic carbocycles. The summed E-state index contributed by atoms with van der Waals surface area (Å²) in [6, 6.07) is 1.18. The number of nitrogens with one attached hydrogen (secondary N) is 1. The number of anilines is 1. The standard InChI is InChI=1S/C26H31F6N5O2/c1-14(2)33-12-19(16-9-17(25(27,28)29)11-18(10-16)26(30,31)32)24(39)37-6-4-36(5-7-37)23-21-15(3)8-20(38)22(21)34-13-35-23/h9-11,13-15,19-20,33,38H,4-8,12H2,1-3H3/t15-,19-,20+/m1/s1. The summed E-state index contributed by atoms with van der Waals surface area (Å²) in [5, 5.41) is 13.3. The van der Waals surface area contributed by atoms with Crippen LogP contribution in [0.3, 0.4) is 0 Å². The predicted molar refractivity (Wildman–Crippen MR) is 131 cm³/mol. The Kier molecular flexibility index (Phi) is 8.13. The quantitative estimate of drug-likeness (QED) is 0.508. The number of aliphatic hydroxyl groups is 1. The number of fused-ring (bicyclic) bond motifs is 1. The van der Waals surface area contributed by atoms with Crippen molar-refractivity contribution in [2.45, 2.75) is 63.5 Å². The highest BCUT2D eigenvalue weighted by Gasteiger charge is 2.39. The third-order valence-corrected chi connectivity index (χ3v) is 7.21. The van der Waals surface area contributed by atoms with Gasteiger partial charge in [-0.05, 0) is 36.1 Å². The number of carbonyl (C=O) groups is 1. The molecule has 7 nitrogen and oxygen atoms in total. The van der Waals surface area contributed by atoms with E-state index in [4.69, 9.17) is 0 Å². The van der Waals surface area contributed by atoms with Gasteiger partial charge in [-0.3, -0.25) is 4.79 Å². The van der Waals surface area contributed by atoms with Crippen molar-refractivity contribution in [2.75, 3.05) is 37.6 Å². The Morgan fingerprint density at radius 2 is 1.62 bits per heavy atom. The number of benzene rings is 1. The zero-order valence-corrected chi connectivity index (χ0v) is 21.8. The molecule has 13 heteroatoms. The molecule has 0 spiro atoms. The van der Waals surface area contributed by atoms with E-state index in [-0.39, 0.29) is 43.2 Å². The zero-order valence-electron chi connectivity index (χ0n) is 21.8. The molecular formula is C26H31F6N5O2. The fourth-order valence-corrected chi connectivity index (χ4v) is 5.19. The smallest absolute Gasteiger partial charge is 0.387 e. The van der Waals surface area contributed by atoms with E-state index in [1.807, 2.05) is 11.8 Å². The predicted octanol–water partition coefficient (Wildman–Crippen LogP) is 4.49. The Labute approximate surface area is 222 Å². The van der Waals surface area contributed by atoms with E-state index in [1.54, 1.807) is 13.8 Å². The summed E-state index contributed by atoms with van der Waals surface area (Å²) in [6.45, 7) is 6.52. The summed E-state index contributed by atoms with van der Waals surface area (Å²) in [6.07, 6.45) is -8.79. The lowest BCUT2D eigenvalue weighted by atomic mass is 9.92. The van der Waals surface area contributed by atoms with E-state index in [1.165, 1.54) is 11.2 Å². The Morgan fingerprint density at radius 1 is 1.03 bits per heavy atom. The molecule has 1 amide bonds. The van der Waals surface area contributed by atoms with E-state index >= 15 is 0 Å². The molecule has 2 aliphatic rings. The van der Waals surface area contributed by atoms with Crippen molar-refractivity contribution in [3.05, 3.63) is 52.5 Å². The third-order valence-electron chi connectivity index (χ3n) is 7.21. The summed E-state index contributed by atoms with van der Waals surface area (Å²) in [5.41, 5.74) is -1.81. The van der Waals surface area contributed by atoms with Crippen LogP contribution in [0.2, 0.25) is 0 Å². The van der Waals surface area contributed by atoms with Gasteiger partial charge in [-0.25, -0.2) is 9.97 Å². The van der Waals surface area contributed by atoms with Gasteiger partial charge in [-0.1, -0.05) is 20.8 Å². The van der Waals surface area contributed by atoms with Crippen LogP contribution in [0, 0.1) is 0 Å². The highest BCUT2D eigenvalue weighted by atomic mass is 19.4. The molecule has 2 aromatic rings. The molecule has 1 aliphatic heterocycles. The highest BCUT2D eigenvalue weighted by Crippen LogP contribution is 2.43. The van der Waals surface area contributed by atoms with Crippen LogP contribution < -0.4 is 10.2 Å². The summed E-state index contributed by atoms with van der Waals surface area (Å²) < 4.78 is 81.1. The van der Waals surface area contributed by atoms with Gasteiger partial charge in [-0.2, -0.15) is 26.3 Å². The maximum atomic E-state index is 13.6. The van der Waals surface area contributed by atoms with Crippen molar-refractivity contribution in [2.24, 2.45) is 0 Å². The molecule has 0 saturated carbocycles. The maximum absolute atomic E-state index is 13.6. The normalized spacial score (nSPS) is 20.9. The fourth-order valence-electron chi connectivity index (χ4n) is 5.19. The molecule has 1 fully saturated rings. The van der Waals surface area contributed by atoms with Gasteiger partial charge in [-0.15, -0.1) is 0 Å². The second-order valence-electron chi connectivity index (χ2n) is 10.4. The Bertz CT molecular complexity index is 1160. The number of amides is 1. The van der Waals surface area contributed by atoms with Crippen molar-refractivity contribution in [3.63, 3.8) is 0 Å². The Balaban J connectivity index is 1.59. The lowest BCUT2D eigenvalue weighted by Crippen LogP contribution is -2.51. The first-order valence-electron chi connectivity index (χ1n) is 12.8. The van der Waals surface area contributed by atoms with E-state index in [0.29, 0.717) is 43.2 Å². The fraction of sp³-hybridized carbons (Fsp3) is 0.577. The molecule has 1 saturated heterocycles. The average Bonchev–Trinajstić information content (AvgIpc) is 3.16. The minimum absolute atomic E-state index is 0.0427. The van der Waals surface area contributed by atoms with Crippen molar-refractivity contribution in [1.29, 1.82) is 0 Å². The molecule has 2 heterocycles. The third kappa shape index (κ3) is 6.29. The molecule has 1 aromatic carbocycles. The molecule has 4 rings (SSSR count). The van der Waals surface area contributed by atoms with Crippen LogP contribution in [0.4, 0.5) is 32.2 Å². The molecule has 0 radical (unpaired) electrons. The van der Waals surface area contributed by atoms with E-state index in [2.05, 4.69) is 15.3 Å². The van der Waals surface area contributed by atoms with Gasteiger partial charge in [0.25, 0.3) is 0 Å². The number of carbonyl (C=O) groups excluding carboxylic acids is 1. The van der Waals surface area contributed by atoms with Gasteiger partial charge in [0.15, 0.2) is 0 Å². The molecule has 0 unspecified atom stereocenters. The van der Waals surface area contributed by atoms with Crippen LogP contribution in [0.15, 0.2) is 24.5 Å². The molecule has 39 heavy (non-hydrogen) atoms. The first kappa shape index (κ1) is 29.1. The largest absolute Gasteiger partial charge is 0.416 e. The van der Waals surface area contributed by atoms with Crippen molar-refractivity contribution >= 4 is 11.7 Å². The van der Waals surface area contributed by atoms with Gasteiger partial charge in [0, 0.05) is 44.3 Å². The van der Waals surface area contributed by atoms with E-state index < -0.39 is 41.4 Å². The number of halogens is 6. The van der Waals surface area contributed by atoms with Crippen LogP contribution >= 0.6 is 0 Å². The van der Waals surface area contributed by atoms with Crippen LogP contribution in [0.1, 0.15) is 73.1 Å². The lowest BCUT2D eigenvalue weighted by Gasteiger charge is -2.38. The number of hydrogen-bond donors (Lipinski definition) is 2. The summed E-state index contributed by atoms with van der Waals surface area (Å²) >= 11 is 0.